The molecule has 1 aliphatic rings. The number of hydrogen-bond acceptors (Lipinski definition) is 3. The van der Waals surface area contributed by atoms with Crippen LogP contribution in [0.25, 0.3) is 0 Å². The lowest BCUT2D eigenvalue weighted by Crippen LogP contribution is -2.48. The summed E-state index contributed by atoms with van der Waals surface area (Å²) in [5.41, 5.74) is 4.02. The van der Waals surface area contributed by atoms with E-state index in [1.807, 2.05) is 0 Å². The molecule has 1 fully saturated rings. The van der Waals surface area contributed by atoms with Gasteiger partial charge in [-0.15, -0.1) is 0 Å². The number of rotatable bonds is 4. The van der Waals surface area contributed by atoms with Crippen LogP contribution in [0.1, 0.15) is 31.9 Å². The second-order valence-electron chi connectivity index (χ2n) is 5.92. The zero-order valence-corrected chi connectivity index (χ0v) is 12.6. The van der Waals surface area contributed by atoms with Gasteiger partial charge in [0.2, 0.25) is 0 Å². The van der Waals surface area contributed by atoms with Crippen molar-refractivity contribution in [1.29, 1.82) is 0 Å². The summed E-state index contributed by atoms with van der Waals surface area (Å²) < 4.78 is 5.77. The van der Waals surface area contributed by atoms with Gasteiger partial charge in [-0.1, -0.05) is 13.0 Å². The second kappa shape index (κ2) is 5.93. The summed E-state index contributed by atoms with van der Waals surface area (Å²) in [7, 11) is 0. The lowest BCUT2D eigenvalue weighted by molar-refractivity contribution is -0.0276. The molecule has 19 heavy (non-hydrogen) atoms. The van der Waals surface area contributed by atoms with Crippen molar-refractivity contribution in [3.63, 3.8) is 0 Å². The standard InChI is InChI=1S/C16H26N2O/c1-5-17-11-14-6-7-15(10-13(14)2)18-8-9-19-16(3,4)12-18/h6-7,10,17H,5,8-9,11-12H2,1-4H3. The molecule has 0 unspecified atom stereocenters. The average molecular weight is 262 g/mol. The van der Waals surface area contributed by atoms with E-state index in [1.54, 1.807) is 0 Å². The number of benzene rings is 1. The summed E-state index contributed by atoms with van der Waals surface area (Å²) in [4.78, 5) is 2.42. The predicted molar refractivity (Wildman–Crippen MR) is 80.8 cm³/mol. The second-order valence-corrected chi connectivity index (χ2v) is 5.92. The summed E-state index contributed by atoms with van der Waals surface area (Å²) in [6.45, 7) is 13.4. The number of nitrogens with zero attached hydrogens (tertiary/aromatic N) is 1. The molecule has 1 aromatic carbocycles. The van der Waals surface area contributed by atoms with Crippen LogP contribution in [0.3, 0.4) is 0 Å². The van der Waals surface area contributed by atoms with Gasteiger partial charge < -0.3 is 15.0 Å². The number of hydrogen-bond donors (Lipinski definition) is 1. The Morgan fingerprint density at radius 2 is 2.16 bits per heavy atom. The van der Waals surface area contributed by atoms with Crippen molar-refractivity contribution in [2.45, 2.75) is 39.8 Å². The van der Waals surface area contributed by atoms with Crippen LogP contribution >= 0.6 is 0 Å². The van der Waals surface area contributed by atoms with Crippen molar-refractivity contribution in [1.82, 2.24) is 5.32 Å². The first-order valence-corrected chi connectivity index (χ1v) is 7.21. The predicted octanol–water partition coefficient (Wildman–Crippen LogP) is 2.72. The molecule has 106 valence electrons. The molecule has 1 aliphatic heterocycles. The Morgan fingerprint density at radius 3 is 2.79 bits per heavy atom. The van der Waals surface area contributed by atoms with Crippen molar-refractivity contribution in [2.24, 2.45) is 0 Å². The topological polar surface area (TPSA) is 24.5 Å². The van der Waals surface area contributed by atoms with E-state index < -0.39 is 0 Å². The highest BCUT2D eigenvalue weighted by molar-refractivity contribution is 5.51. The molecule has 1 aromatic rings. The third kappa shape index (κ3) is 3.71. The minimum Gasteiger partial charge on any atom is -0.372 e. The van der Waals surface area contributed by atoms with E-state index >= 15 is 0 Å². The van der Waals surface area contributed by atoms with Crippen LogP contribution in [0, 0.1) is 6.92 Å². The van der Waals surface area contributed by atoms with Crippen LogP contribution in [0.4, 0.5) is 5.69 Å². The molecule has 0 saturated carbocycles. The Hall–Kier alpha value is -1.06. The Balaban J connectivity index is 2.10. The molecule has 0 aromatic heterocycles. The van der Waals surface area contributed by atoms with Crippen molar-refractivity contribution in [3.05, 3.63) is 29.3 Å². The number of ether oxygens (including phenoxy) is 1. The highest BCUT2D eigenvalue weighted by Crippen LogP contribution is 2.25. The lowest BCUT2D eigenvalue weighted by Gasteiger charge is -2.39. The van der Waals surface area contributed by atoms with Crippen LogP contribution < -0.4 is 10.2 Å². The molecular formula is C16H26N2O. The average Bonchev–Trinajstić information content (AvgIpc) is 2.36. The third-order valence-corrected chi connectivity index (χ3v) is 3.68. The van der Waals surface area contributed by atoms with Crippen molar-refractivity contribution >= 4 is 5.69 Å². The molecule has 0 atom stereocenters. The van der Waals surface area contributed by atoms with E-state index in [4.69, 9.17) is 4.74 Å². The van der Waals surface area contributed by atoms with Gasteiger partial charge >= 0.3 is 0 Å². The summed E-state index contributed by atoms with van der Waals surface area (Å²) in [6, 6.07) is 6.78. The summed E-state index contributed by atoms with van der Waals surface area (Å²) >= 11 is 0. The highest BCUT2D eigenvalue weighted by atomic mass is 16.5. The SMILES string of the molecule is CCNCc1ccc(N2CCOC(C)(C)C2)cc1C. The summed E-state index contributed by atoms with van der Waals surface area (Å²) in [6.07, 6.45) is 0. The number of anilines is 1. The molecule has 2 rings (SSSR count). The maximum atomic E-state index is 5.77. The Bertz CT molecular complexity index is 429. The van der Waals surface area contributed by atoms with E-state index in [1.165, 1.54) is 16.8 Å². The third-order valence-electron chi connectivity index (χ3n) is 3.68. The van der Waals surface area contributed by atoms with Crippen LogP contribution in [-0.4, -0.2) is 31.8 Å². The lowest BCUT2D eigenvalue weighted by atomic mass is 10.0. The van der Waals surface area contributed by atoms with Crippen molar-refractivity contribution in [2.75, 3.05) is 31.1 Å². The van der Waals surface area contributed by atoms with Gasteiger partial charge in [0.15, 0.2) is 0 Å². The fraction of sp³-hybridized carbons (Fsp3) is 0.625. The Morgan fingerprint density at radius 1 is 1.37 bits per heavy atom. The monoisotopic (exact) mass is 262 g/mol. The number of morpholine rings is 1. The molecule has 0 radical (unpaired) electrons. The van der Waals surface area contributed by atoms with E-state index in [2.05, 4.69) is 56.1 Å². The smallest absolute Gasteiger partial charge is 0.0801 e. The first kappa shape index (κ1) is 14.4. The van der Waals surface area contributed by atoms with E-state index in [0.717, 1.165) is 32.8 Å². The fourth-order valence-electron chi connectivity index (χ4n) is 2.57. The largest absolute Gasteiger partial charge is 0.372 e. The van der Waals surface area contributed by atoms with Gasteiger partial charge in [-0.05, 0) is 50.6 Å². The quantitative estimate of drug-likeness (QED) is 0.903. The molecular weight excluding hydrogens is 236 g/mol. The van der Waals surface area contributed by atoms with Gasteiger partial charge in [0.1, 0.15) is 0 Å². The van der Waals surface area contributed by atoms with E-state index in [-0.39, 0.29) is 5.60 Å². The minimum absolute atomic E-state index is 0.0470. The fourth-order valence-corrected chi connectivity index (χ4v) is 2.57. The van der Waals surface area contributed by atoms with Crippen molar-refractivity contribution < 1.29 is 4.74 Å². The van der Waals surface area contributed by atoms with Gasteiger partial charge in [-0.3, -0.25) is 0 Å². The molecule has 0 bridgehead atoms. The zero-order chi connectivity index (χ0) is 13.9. The van der Waals surface area contributed by atoms with Crippen LogP contribution in [0.15, 0.2) is 18.2 Å². The first-order valence-electron chi connectivity index (χ1n) is 7.21. The molecule has 0 amide bonds. The van der Waals surface area contributed by atoms with Gasteiger partial charge in [0.25, 0.3) is 0 Å². The summed E-state index contributed by atoms with van der Waals surface area (Å²) in [5, 5.41) is 3.38. The van der Waals surface area contributed by atoms with Gasteiger partial charge in [-0.25, -0.2) is 0 Å². The summed E-state index contributed by atoms with van der Waals surface area (Å²) in [5.74, 6) is 0. The first-order chi connectivity index (χ1) is 9.02. The normalized spacial score (nSPS) is 18.6. The Labute approximate surface area is 116 Å². The molecule has 0 aliphatic carbocycles. The minimum atomic E-state index is -0.0470. The number of aryl methyl sites for hydroxylation is 1. The molecule has 1 N–H and O–H groups in total. The van der Waals surface area contributed by atoms with Crippen LogP contribution in [0.2, 0.25) is 0 Å². The molecule has 0 spiro atoms. The van der Waals surface area contributed by atoms with E-state index in [9.17, 15) is 0 Å². The maximum Gasteiger partial charge on any atom is 0.0801 e. The molecule has 3 heteroatoms. The molecule has 1 heterocycles. The number of nitrogens with one attached hydrogen (secondary N) is 1. The van der Waals surface area contributed by atoms with E-state index in [0.29, 0.717) is 0 Å². The van der Waals surface area contributed by atoms with Crippen LogP contribution in [0.5, 0.6) is 0 Å². The molecule has 3 nitrogen and oxygen atoms in total. The highest BCUT2D eigenvalue weighted by Gasteiger charge is 2.27. The van der Waals surface area contributed by atoms with Gasteiger partial charge in [-0.2, -0.15) is 0 Å². The van der Waals surface area contributed by atoms with Crippen LogP contribution in [-0.2, 0) is 11.3 Å². The molecule has 1 saturated heterocycles. The Kier molecular flexibility index (Phi) is 4.48. The van der Waals surface area contributed by atoms with Gasteiger partial charge in [0, 0.05) is 25.3 Å². The zero-order valence-electron chi connectivity index (χ0n) is 12.6. The van der Waals surface area contributed by atoms with Crippen molar-refractivity contribution in [3.8, 4) is 0 Å². The maximum absolute atomic E-state index is 5.77. The van der Waals surface area contributed by atoms with Gasteiger partial charge in [0.05, 0.1) is 12.2 Å².